The van der Waals surface area contributed by atoms with Crippen molar-refractivity contribution < 1.29 is 0 Å². The first kappa shape index (κ1) is 9.01. The number of imidazole rings is 1. The van der Waals surface area contributed by atoms with Gasteiger partial charge in [0.05, 0.1) is 6.33 Å². The van der Waals surface area contributed by atoms with E-state index in [1.54, 1.807) is 4.57 Å². The normalized spacial score (nSPS) is 11.0. The molecular formula is C7H8ClN5O. The lowest BCUT2D eigenvalue weighted by molar-refractivity contribution is 0.781. The molecule has 2 N–H and O–H groups in total. The van der Waals surface area contributed by atoms with Gasteiger partial charge in [0.1, 0.15) is 0 Å². The number of anilines is 1. The molecule has 0 atom stereocenters. The van der Waals surface area contributed by atoms with Crippen LogP contribution in [0.25, 0.3) is 11.2 Å². The van der Waals surface area contributed by atoms with E-state index >= 15 is 0 Å². The van der Waals surface area contributed by atoms with Crippen molar-refractivity contribution >= 4 is 28.9 Å². The Bertz CT molecular complexity index is 543. The Balaban J connectivity index is 2.96. The molecule has 0 unspecified atom stereocenters. The van der Waals surface area contributed by atoms with Crippen molar-refractivity contribution in [2.75, 3.05) is 5.73 Å². The first-order chi connectivity index (χ1) is 6.65. The van der Waals surface area contributed by atoms with Gasteiger partial charge in [0.15, 0.2) is 11.2 Å². The summed E-state index contributed by atoms with van der Waals surface area (Å²) >= 11 is 5.62. The number of aromatic nitrogens is 4. The van der Waals surface area contributed by atoms with E-state index in [9.17, 15) is 4.79 Å². The Morgan fingerprint density at radius 1 is 1.64 bits per heavy atom. The molecule has 2 aromatic heterocycles. The van der Waals surface area contributed by atoms with Gasteiger partial charge in [-0.2, -0.15) is 9.07 Å². The van der Waals surface area contributed by atoms with Crippen molar-refractivity contribution in [2.45, 2.75) is 13.5 Å². The highest BCUT2D eigenvalue weighted by atomic mass is 35.5. The average Bonchev–Trinajstić information content (AvgIpc) is 2.57. The largest absolute Gasteiger partial charge is 0.368 e. The Kier molecular flexibility index (Phi) is 1.92. The van der Waals surface area contributed by atoms with E-state index < -0.39 is 5.56 Å². The van der Waals surface area contributed by atoms with Gasteiger partial charge in [-0.15, -0.1) is 0 Å². The Labute approximate surface area is 84.0 Å². The summed E-state index contributed by atoms with van der Waals surface area (Å²) in [6, 6.07) is 0. The van der Waals surface area contributed by atoms with Crippen LogP contribution in [-0.4, -0.2) is 18.6 Å². The van der Waals surface area contributed by atoms with Crippen molar-refractivity contribution in [2.24, 2.45) is 0 Å². The van der Waals surface area contributed by atoms with Crippen molar-refractivity contribution in [1.82, 2.24) is 18.6 Å². The predicted octanol–water partition coefficient (Wildman–Crippen LogP) is 0.197. The van der Waals surface area contributed by atoms with Gasteiger partial charge in [-0.3, -0.25) is 4.79 Å². The highest BCUT2D eigenvalue weighted by Gasteiger charge is 2.11. The van der Waals surface area contributed by atoms with Crippen LogP contribution in [0.2, 0.25) is 0 Å². The second kappa shape index (κ2) is 2.98. The van der Waals surface area contributed by atoms with E-state index in [1.807, 2.05) is 6.92 Å². The van der Waals surface area contributed by atoms with Crippen LogP contribution in [0, 0.1) is 0 Å². The van der Waals surface area contributed by atoms with Crippen LogP contribution < -0.4 is 11.3 Å². The third kappa shape index (κ3) is 1.07. The topological polar surface area (TPSA) is 78.7 Å². The highest BCUT2D eigenvalue weighted by molar-refractivity contribution is 6.16. The molecule has 0 aliphatic rings. The van der Waals surface area contributed by atoms with Crippen molar-refractivity contribution in [3.05, 3.63) is 16.7 Å². The smallest absolute Gasteiger partial charge is 0.296 e. The van der Waals surface area contributed by atoms with Gasteiger partial charge in [-0.25, -0.2) is 4.98 Å². The Morgan fingerprint density at radius 2 is 2.36 bits per heavy atom. The monoisotopic (exact) mass is 213 g/mol. The molecule has 0 bridgehead atoms. The molecule has 74 valence electrons. The fourth-order valence-electron chi connectivity index (χ4n) is 1.26. The van der Waals surface area contributed by atoms with E-state index in [0.29, 0.717) is 17.7 Å². The molecule has 0 aliphatic carbocycles. The highest BCUT2D eigenvalue weighted by Crippen LogP contribution is 2.08. The molecule has 2 rings (SSSR count). The SMILES string of the molecule is CCn1cnc2nc(N)n(Cl)c(=O)c21. The zero-order valence-electron chi connectivity index (χ0n) is 7.44. The number of halogens is 1. The summed E-state index contributed by atoms with van der Waals surface area (Å²) in [5.74, 6) is -0.0504. The summed E-state index contributed by atoms with van der Waals surface area (Å²) in [5, 5.41) is 0. The van der Waals surface area contributed by atoms with Gasteiger partial charge in [0.2, 0.25) is 5.95 Å². The minimum Gasteiger partial charge on any atom is -0.368 e. The van der Waals surface area contributed by atoms with Gasteiger partial charge in [0.25, 0.3) is 5.56 Å². The second-order valence-electron chi connectivity index (χ2n) is 2.76. The van der Waals surface area contributed by atoms with Crippen LogP contribution in [0.5, 0.6) is 0 Å². The van der Waals surface area contributed by atoms with E-state index in [4.69, 9.17) is 17.5 Å². The van der Waals surface area contributed by atoms with E-state index in [0.717, 1.165) is 4.09 Å². The van der Waals surface area contributed by atoms with Crippen LogP contribution >= 0.6 is 11.8 Å². The zero-order chi connectivity index (χ0) is 10.3. The van der Waals surface area contributed by atoms with Gasteiger partial charge in [-0.1, -0.05) is 0 Å². The van der Waals surface area contributed by atoms with Gasteiger partial charge >= 0.3 is 0 Å². The van der Waals surface area contributed by atoms with E-state index in [1.165, 1.54) is 6.33 Å². The molecule has 0 radical (unpaired) electrons. The fourth-order valence-corrected chi connectivity index (χ4v) is 1.38. The number of nitrogens with two attached hydrogens (primary N) is 1. The molecule has 7 heteroatoms. The fraction of sp³-hybridized carbons (Fsp3) is 0.286. The lowest BCUT2D eigenvalue weighted by Gasteiger charge is -2.00. The molecule has 0 aliphatic heterocycles. The molecule has 0 amide bonds. The van der Waals surface area contributed by atoms with Crippen LogP contribution in [0.4, 0.5) is 5.95 Å². The minimum atomic E-state index is -0.395. The van der Waals surface area contributed by atoms with Crippen molar-refractivity contribution in [1.29, 1.82) is 0 Å². The summed E-state index contributed by atoms with van der Waals surface area (Å²) in [5.41, 5.74) is 5.71. The molecule has 0 saturated heterocycles. The average molecular weight is 214 g/mol. The molecule has 0 fully saturated rings. The van der Waals surface area contributed by atoms with Gasteiger partial charge < -0.3 is 10.3 Å². The lowest BCUT2D eigenvalue weighted by Crippen LogP contribution is -2.19. The first-order valence-electron chi connectivity index (χ1n) is 4.04. The number of nitrogens with zero attached hydrogens (tertiary/aromatic N) is 4. The number of hydrogen-bond donors (Lipinski definition) is 1. The van der Waals surface area contributed by atoms with E-state index in [2.05, 4.69) is 9.97 Å². The quantitative estimate of drug-likeness (QED) is 0.734. The maximum Gasteiger partial charge on any atom is 0.296 e. The van der Waals surface area contributed by atoms with Crippen LogP contribution in [0.15, 0.2) is 11.1 Å². The molecule has 0 spiro atoms. The summed E-state index contributed by atoms with van der Waals surface area (Å²) in [4.78, 5) is 19.5. The van der Waals surface area contributed by atoms with Crippen molar-refractivity contribution in [3.8, 4) is 0 Å². The molecule has 2 aromatic rings. The zero-order valence-corrected chi connectivity index (χ0v) is 8.19. The van der Waals surface area contributed by atoms with Crippen LogP contribution in [0.3, 0.4) is 0 Å². The minimum absolute atomic E-state index is 0.0504. The van der Waals surface area contributed by atoms with Crippen LogP contribution in [0.1, 0.15) is 6.92 Å². The summed E-state index contributed by atoms with van der Waals surface area (Å²) < 4.78 is 2.46. The first-order valence-corrected chi connectivity index (χ1v) is 4.38. The summed E-state index contributed by atoms with van der Waals surface area (Å²) in [7, 11) is 0. The number of nitrogen functional groups attached to an aromatic ring is 1. The maximum atomic E-state index is 11.6. The van der Waals surface area contributed by atoms with Crippen molar-refractivity contribution in [3.63, 3.8) is 0 Å². The summed E-state index contributed by atoms with van der Waals surface area (Å²) in [6.45, 7) is 2.53. The molecule has 14 heavy (non-hydrogen) atoms. The third-order valence-corrected chi connectivity index (χ3v) is 2.29. The number of rotatable bonds is 1. The molecule has 6 nitrogen and oxygen atoms in total. The Hall–Kier alpha value is -1.56. The number of hydrogen-bond acceptors (Lipinski definition) is 4. The number of aryl methyl sites for hydroxylation is 1. The standard InChI is InChI=1S/C7H8ClN5O/c1-2-12-3-10-5-4(12)6(14)13(8)7(9)11-5/h3H,2H2,1H3,(H2,9,11). The summed E-state index contributed by atoms with van der Waals surface area (Å²) in [6.07, 6.45) is 1.54. The third-order valence-electron chi connectivity index (χ3n) is 1.96. The molecule has 0 aromatic carbocycles. The molecule has 2 heterocycles. The van der Waals surface area contributed by atoms with Gasteiger partial charge in [-0.05, 0) is 6.92 Å². The second-order valence-corrected chi connectivity index (χ2v) is 3.10. The van der Waals surface area contributed by atoms with E-state index in [-0.39, 0.29) is 5.95 Å². The molecular weight excluding hydrogens is 206 g/mol. The number of fused-ring (bicyclic) bond motifs is 1. The molecule has 0 saturated carbocycles. The lowest BCUT2D eigenvalue weighted by atomic mass is 10.5. The predicted molar refractivity (Wildman–Crippen MR) is 53.1 cm³/mol. The Morgan fingerprint density at radius 3 is 3.00 bits per heavy atom. The maximum absolute atomic E-state index is 11.6. The van der Waals surface area contributed by atoms with Crippen LogP contribution in [-0.2, 0) is 6.54 Å². The van der Waals surface area contributed by atoms with Gasteiger partial charge in [0, 0.05) is 18.3 Å².